The quantitative estimate of drug-likeness (QED) is 0.532. The lowest BCUT2D eigenvalue weighted by molar-refractivity contribution is -0.117. The number of amides is 1. The van der Waals surface area contributed by atoms with Crippen molar-refractivity contribution in [3.63, 3.8) is 0 Å². The first-order chi connectivity index (χ1) is 15.8. The molecule has 1 saturated carbocycles. The molecule has 2 N–H and O–H groups in total. The average molecular weight is 471 g/mol. The number of benzene rings is 2. The van der Waals surface area contributed by atoms with Gasteiger partial charge in [-0.2, -0.15) is 8.42 Å². The van der Waals surface area contributed by atoms with Crippen LogP contribution in [0.2, 0.25) is 0 Å². The number of aromatic amines is 1. The van der Waals surface area contributed by atoms with Crippen molar-refractivity contribution < 1.29 is 22.1 Å². The van der Waals surface area contributed by atoms with E-state index in [1.165, 1.54) is 6.07 Å². The van der Waals surface area contributed by atoms with Crippen molar-refractivity contribution in [2.75, 3.05) is 23.3 Å². The first-order valence-corrected chi connectivity index (χ1v) is 12.4. The van der Waals surface area contributed by atoms with Crippen LogP contribution in [0.4, 0.5) is 11.6 Å². The van der Waals surface area contributed by atoms with Gasteiger partial charge >= 0.3 is 10.1 Å². The van der Waals surface area contributed by atoms with Gasteiger partial charge in [0.2, 0.25) is 11.9 Å². The smallest absolute Gasteiger partial charge is 0.339 e. The molecule has 2 atom stereocenters. The molecular weight excluding hydrogens is 444 g/mol. The highest BCUT2D eigenvalue weighted by Gasteiger charge is 2.30. The Labute approximate surface area is 192 Å². The number of ether oxygens (including phenoxy) is 1. The van der Waals surface area contributed by atoms with Crippen LogP contribution < -0.4 is 14.4 Å². The van der Waals surface area contributed by atoms with E-state index in [1.54, 1.807) is 36.4 Å². The Morgan fingerprint density at radius 2 is 1.82 bits per heavy atom. The monoisotopic (exact) mass is 470 g/mol. The van der Waals surface area contributed by atoms with Crippen LogP contribution in [0.25, 0.3) is 11.0 Å². The number of aromatic nitrogens is 2. The minimum atomic E-state index is -4.01. The summed E-state index contributed by atoms with van der Waals surface area (Å²) in [6.45, 7) is 5.55. The summed E-state index contributed by atoms with van der Waals surface area (Å²) in [6, 6.07) is 11.4. The fourth-order valence-corrected chi connectivity index (χ4v) is 4.97. The summed E-state index contributed by atoms with van der Waals surface area (Å²) in [5, 5.41) is 2.75. The van der Waals surface area contributed by atoms with Gasteiger partial charge in [0.05, 0.1) is 23.2 Å². The zero-order valence-electron chi connectivity index (χ0n) is 18.4. The molecule has 0 radical (unpaired) electrons. The molecule has 10 heteroatoms. The second-order valence-corrected chi connectivity index (χ2v) is 10.3. The molecule has 5 rings (SSSR count). The van der Waals surface area contributed by atoms with E-state index in [1.807, 2.05) is 13.8 Å². The Hall–Kier alpha value is -3.11. The molecule has 0 bridgehead atoms. The number of imidazole rings is 1. The van der Waals surface area contributed by atoms with Gasteiger partial charge in [0.1, 0.15) is 10.6 Å². The van der Waals surface area contributed by atoms with Gasteiger partial charge in [-0.15, -0.1) is 0 Å². The Morgan fingerprint density at radius 1 is 1.12 bits per heavy atom. The summed E-state index contributed by atoms with van der Waals surface area (Å²) < 4.78 is 36.8. The summed E-state index contributed by atoms with van der Waals surface area (Å²) in [5.74, 6) is 0.497. The number of morpholine rings is 1. The maximum Gasteiger partial charge on any atom is 0.339 e. The third kappa shape index (κ3) is 4.81. The number of carbonyl (C=O) groups excluding carboxylic acids is 1. The Bertz CT molecular complexity index is 1270. The van der Waals surface area contributed by atoms with Gasteiger partial charge in [-0.3, -0.25) is 10.1 Å². The lowest BCUT2D eigenvalue weighted by Crippen LogP contribution is -2.45. The number of nitrogens with one attached hydrogen (secondary N) is 2. The second kappa shape index (κ2) is 8.35. The number of nitrogens with zero attached hydrogens (tertiary/aromatic N) is 2. The number of carbonyl (C=O) groups is 1. The number of hydrogen-bond acceptors (Lipinski definition) is 7. The van der Waals surface area contributed by atoms with Crippen LogP contribution in [-0.2, 0) is 19.6 Å². The van der Waals surface area contributed by atoms with Crippen molar-refractivity contribution in [3.05, 3.63) is 42.5 Å². The minimum absolute atomic E-state index is 0.0578. The van der Waals surface area contributed by atoms with Gasteiger partial charge in [0, 0.05) is 30.8 Å². The van der Waals surface area contributed by atoms with Gasteiger partial charge < -0.3 is 18.8 Å². The van der Waals surface area contributed by atoms with E-state index < -0.39 is 10.1 Å². The minimum Gasteiger partial charge on any atom is -0.379 e. The molecular formula is C23H26N4O5S. The van der Waals surface area contributed by atoms with Gasteiger partial charge in [0.15, 0.2) is 0 Å². The first-order valence-electron chi connectivity index (χ1n) is 11.0. The molecule has 2 aromatic carbocycles. The Morgan fingerprint density at radius 3 is 2.48 bits per heavy atom. The standard InChI is InChI=1S/C23H26N4O5S/c1-14-12-27(13-15(2)31-14)17-5-8-19(9-6-17)33(29,30)32-18-7-10-20-21(11-18)25-23(24-20)26-22(28)16-3-4-16/h5-11,14-16H,3-4,12-13H2,1-2H3,(H2,24,25,26,28). The highest BCUT2D eigenvalue weighted by atomic mass is 32.2. The number of anilines is 2. The van der Waals surface area contributed by atoms with Crippen LogP contribution in [0.15, 0.2) is 47.4 Å². The van der Waals surface area contributed by atoms with E-state index >= 15 is 0 Å². The van der Waals surface area contributed by atoms with E-state index in [9.17, 15) is 13.2 Å². The predicted octanol–water partition coefficient (Wildman–Crippen LogP) is 3.29. The molecule has 2 fully saturated rings. The number of fused-ring (bicyclic) bond motifs is 1. The van der Waals surface area contributed by atoms with Gasteiger partial charge in [-0.1, -0.05) is 0 Å². The third-order valence-corrected chi connectivity index (χ3v) is 7.02. The number of hydrogen-bond donors (Lipinski definition) is 2. The normalized spacial score (nSPS) is 21.2. The third-order valence-electron chi connectivity index (χ3n) is 5.76. The molecule has 1 aliphatic heterocycles. The van der Waals surface area contributed by atoms with Crippen molar-refractivity contribution in [3.8, 4) is 5.75 Å². The topological polar surface area (TPSA) is 114 Å². The van der Waals surface area contributed by atoms with Crippen LogP contribution in [0.3, 0.4) is 0 Å². The lowest BCUT2D eigenvalue weighted by Gasteiger charge is -2.36. The summed E-state index contributed by atoms with van der Waals surface area (Å²) in [7, 11) is -4.01. The summed E-state index contributed by atoms with van der Waals surface area (Å²) in [4.78, 5) is 21.5. The van der Waals surface area contributed by atoms with Gasteiger partial charge in [0.25, 0.3) is 0 Å². The molecule has 9 nitrogen and oxygen atoms in total. The second-order valence-electron chi connectivity index (χ2n) is 8.72. The molecule has 3 aromatic rings. The fraction of sp³-hybridized carbons (Fsp3) is 0.391. The molecule has 1 aliphatic carbocycles. The van der Waals surface area contributed by atoms with E-state index in [2.05, 4.69) is 20.2 Å². The summed E-state index contributed by atoms with van der Waals surface area (Å²) >= 11 is 0. The first kappa shape index (κ1) is 21.7. The van der Waals surface area contributed by atoms with Crippen LogP contribution in [0.5, 0.6) is 5.75 Å². The van der Waals surface area contributed by atoms with Crippen molar-refractivity contribution in [2.24, 2.45) is 5.92 Å². The Kier molecular flexibility index (Phi) is 5.49. The highest BCUT2D eigenvalue weighted by molar-refractivity contribution is 7.87. The summed E-state index contributed by atoms with van der Waals surface area (Å²) in [5.41, 5.74) is 2.11. The van der Waals surface area contributed by atoms with Crippen LogP contribution >= 0.6 is 0 Å². The molecule has 33 heavy (non-hydrogen) atoms. The highest BCUT2D eigenvalue weighted by Crippen LogP contribution is 2.30. The lowest BCUT2D eigenvalue weighted by atomic mass is 10.2. The van der Waals surface area contributed by atoms with E-state index in [0.29, 0.717) is 17.0 Å². The van der Waals surface area contributed by atoms with Crippen molar-refractivity contribution >= 4 is 38.7 Å². The van der Waals surface area contributed by atoms with Crippen molar-refractivity contribution in [1.29, 1.82) is 0 Å². The van der Waals surface area contributed by atoms with Crippen LogP contribution in [0.1, 0.15) is 26.7 Å². The van der Waals surface area contributed by atoms with E-state index in [4.69, 9.17) is 8.92 Å². The number of rotatable bonds is 6. The van der Waals surface area contributed by atoms with Crippen molar-refractivity contribution in [2.45, 2.75) is 43.8 Å². The predicted molar refractivity (Wildman–Crippen MR) is 124 cm³/mol. The SMILES string of the molecule is CC1CN(c2ccc(S(=O)(=O)Oc3ccc4nc(NC(=O)C5CC5)[nH]c4c3)cc2)CC(C)O1. The molecule has 174 valence electrons. The Balaban J connectivity index is 1.30. The van der Waals surface area contributed by atoms with Crippen molar-refractivity contribution in [1.82, 2.24) is 9.97 Å². The molecule has 2 heterocycles. The largest absolute Gasteiger partial charge is 0.379 e. The van der Waals surface area contributed by atoms with E-state index in [-0.39, 0.29) is 34.7 Å². The molecule has 0 spiro atoms. The zero-order chi connectivity index (χ0) is 23.2. The van der Waals surface area contributed by atoms with E-state index in [0.717, 1.165) is 31.6 Å². The molecule has 2 unspecified atom stereocenters. The van der Waals surface area contributed by atoms with Crippen LogP contribution in [-0.4, -0.2) is 49.6 Å². The molecule has 1 aromatic heterocycles. The fourth-order valence-electron chi connectivity index (χ4n) is 4.05. The summed E-state index contributed by atoms with van der Waals surface area (Å²) in [6.07, 6.45) is 2.02. The maximum absolute atomic E-state index is 12.8. The molecule has 1 amide bonds. The van der Waals surface area contributed by atoms with Gasteiger partial charge in [-0.05, 0) is 63.1 Å². The molecule has 2 aliphatic rings. The maximum atomic E-state index is 12.8. The van der Waals surface area contributed by atoms with Crippen LogP contribution in [0, 0.1) is 5.92 Å². The average Bonchev–Trinajstić information content (AvgIpc) is 3.54. The van der Waals surface area contributed by atoms with Gasteiger partial charge in [-0.25, -0.2) is 4.98 Å². The zero-order valence-corrected chi connectivity index (χ0v) is 19.3. The number of H-pyrrole nitrogens is 1. The molecule has 1 saturated heterocycles.